The number of piperidine rings is 1. The van der Waals surface area contributed by atoms with E-state index in [0.29, 0.717) is 6.42 Å². The third kappa shape index (κ3) is 9.92. The van der Waals surface area contributed by atoms with Gasteiger partial charge in [-0.1, -0.05) is 46.6 Å². The van der Waals surface area contributed by atoms with Gasteiger partial charge in [-0.05, 0) is 106 Å². The molecule has 1 heterocycles. The number of aliphatic hydroxyl groups is 1. The number of hydrogen-bond donors (Lipinski definition) is 1. The number of methoxy groups -OCH3 is 1. The van der Waals surface area contributed by atoms with Gasteiger partial charge in [0.2, 0.25) is 0 Å². The van der Waals surface area contributed by atoms with E-state index in [1.807, 2.05) is 14.0 Å². The Bertz CT molecular complexity index is 757. The fourth-order valence-electron chi connectivity index (χ4n) is 4.94. The maximum atomic E-state index is 12.5. The summed E-state index contributed by atoms with van der Waals surface area (Å²) >= 11 is 0. The van der Waals surface area contributed by atoms with Crippen molar-refractivity contribution in [1.29, 1.82) is 0 Å². The third-order valence-corrected chi connectivity index (χ3v) is 7.38. The molecular formula is C30H51NO3. The molecule has 0 aliphatic carbocycles. The molecule has 4 heteroatoms. The molecule has 0 saturated carbocycles. The Hall–Kier alpha value is -1.65. The Labute approximate surface area is 209 Å². The first-order valence-electron chi connectivity index (χ1n) is 13.1. The lowest BCUT2D eigenvalue weighted by Crippen LogP contribution is -2.60. The van der Waals surface area contributed by atoms with Crippen molar-refractivity contribution in [3.05, 3.63) is 46.6 Å². The first-order chi connectivity index (χ1) is 16.0. The van der Waals surface area contributed by atoms with Crippen LogP contribution in [0.2, 0.25) is 0 Å². The Morgan fingerprint density at radius 3 is 1.94 bits per heavy atom. The van der Waals surface area contributed by atoms with Crippen molar-refractivity contribution in [2.45, 2.75) is 111 Å². The van der Waals surface area contributed by atoms with Crippen LogP contribution in [-0.4, -0.2) is 48.8 Å². The second-order valence-corrected chi connectivity index (χ2v) is 10.7. The van der Waals surface area contributed by atoms with Crippen LogP contribution in [0.4, 0.5) is 0 Å². The molecule has 0 spiro atoms. The summed E-state index contributed by atoms with van der Waals surface area (Å²) in [7, 11) is 3.46. The van der Waals surface area contributed by atoms with Crippen LogP contribution in [0.25, 0.3) is 0 Å². The molecule has 1 aliphatic rings. The molecule has 0 unspecified atom stereocenters. The predicted octanol–water partition coefficient (Wildman–Crippen LogP) is 7.16. The number of carbonyl (C=O) groups excluding carboxylic acids is 1. The lowest BCUT2D eigenvalue weighted by molar-refractivity contribution is -0.171. The van der Waals surface area contributed by atoms with Gasteiger partial charge in [0.15, 0.2) is 0 Å². The van der Waals surface area contributed by atoms with E-state index in [9.17, 15) is 9.90 Å². The number of likely N-dealkylation sites (tertiary alicyclic amines) is 1. The van der Waals surface area contributed by atoms with E-state index in [-0.39, 0.29) is 12.0 Å². The molecule has 0 aromatic rings. The minimum absolute atomic E-state index is 0.0206. The smallest absolute Gasteiger partial charge is 0.315 e. The summed E-state index contributed by atoms with van der Waals surface area (Å²) in [6, 6.07) is -0.0206. The summed E-state index contributed by atoms with van der Waals surface area (Å²) in [5.41, 5.74) is 4.83. The number of hydrogen-bond acceptors (Lipinski definition) is 4. The highest BCUT2D eigenvalue weighted by atomic mass is 16.5. The van der Waals surface area contributed by atoms with E-state index < -0.39 is 11.5 Å². The molecule has 1 rings (SSSR count). The summed E-state index contributed by atoms with van der Waals surface area (Å²) in [4.78, 5) is 14.7. The molecule has 0 amide bonds. The van der Waals surface area contributed by atoms with Crippen molar-refractivity contribution in [2.75, 3.05) is 20.7 Å². The summed E-state index contributed by atoms with van der Waals surface area (Å²) in [5.74, 6) is -0.309. The highest BCUT2D eigenvalue weighted by Gasteiger charge is 2.52. The average molecular weight is 474 g/mol. The fourth-order valence-corrected chi connectivity index (χ4v) is 4.94. The van der Waals surface area contributed by atoms with E-state index in [1.165, 1.54) is 29.4 Å². The van der Waals surface area contributed by atoms with Gasteiger partial charge in [0.1, 0.15) is 5.41 Å². The quantitative estimate of drug-likeness (QED) is 0.175. The largest absolute Gasteiger partial charge is 0.468 e. The van der Waals surface area contributed by atoms with Gasteiger partial charge in [-0.2, -0.15) is 0 Å². The molecule has 1 saturated heterocycles. The van der Waals surface area contributed by atoms with Crippen molar-refractivity contribution in [3.8, 4) is 0 Å². The highest BCUT2D eigenvalue weighted by molar-refractivity contribution is 5.78. The maximum absolute atomic E-state index is 12.5. The molecule has 0 radical (unpaired) electrons. The van der Waals surface area contributed by atoms with E-state index >= 15 is 0 Å². The van der Waals surface area contributed by atoms with Crippen LogP contribution in [-0.2, 0) is 9.53 Å². The van der Waals surface area contributed by atoms with Crippen molar-refractivity contribution in [2.24, 2.45) is 5.41 Å². The minimum Gasteiger partial charge on any atom is -0.468 e. The topological polar surface area (TPSA) is 49.8 Å². The summed E-state index contributed by atoms with van der Waals surface area (Å²) in [6.45, 7) is 13.6. The van der Waals surface area contributed by atoms with Crippen LogP contribution in [0, 0.1) is 5.41 Å². The normalized spacial score (nSPS) is 24.8. The van der Waals surface area contributed by atoms with Crippen LogP contribution >= 0.6 is 0 Å². The molecule has 3 atom stereocenters. The zero-order chi connectivity index (χ0) is 25.7. The molecule has 0 bridgehead atoms. The lowest BCUT2D eigenvalue weighted by atomic mass is 9.70. The fraction of sp³-hybridized carbons (Fsp3) is 0.700. The molecule has 0 aromatic heterocycles. The molecule has 1 N–H and O–H groups in total. The first kappa shape index (κ1) is 30.4. The van der Waals surface area contributed by atoms with E-state index in [4.69, 9.17) is 4.74 Å². The van der Waals surface area contributed by atoms with Gasteiger partial charge >= 0.3 is 5.97 Å². The summed E-state index contributed by atoms with van der Waals surface area (Å²) < 4.78 is 5.06. The summed E-state index contributed by atoms with van der Waals surface area (Å²) in [6.07, 6.45) is 17.8. The number of unbranched alkanes of at least 4 members (excludes halogenated alkanes) is 1. The number of aliphatic hydroxyl groups excluding tert-OH is 1. The molecule has 194 valence electrons. The summed E-state index contributed by atoms with van der Waals surface area (Å²) in [5, 5.41) is 10.6. The van der Waals surface area contributed by atoms with Crippen molar-refractivity contribution >= 4 is 5.97 Å². The average Bonchev–Trinajstić information content (AvgIpc) is 2.78. The monoisotopic (exact) mass is 473 g/mol. The second kappa shape index (κ2) is 15.4. The molecule has 0 aromatic carbocycles. The second-order valence-electron chi connectivity index (χ2n) is 10.7. The standard InChI is InChI=1S/C30H51NO3/c1-23(2)13-11-16-25(4)18-12-17-24(3)14-9-10-15-26(5)19-20-27-30(6,29(33)34-8)28(32)21-22-31(27)7/h13-15,18,27-28,32H,9-12,16-17,19-22H2,1-8H3/b24-14+,25-18+,26-15+/t27-,28-,30-/m0/s1. The SMILES string of the molecule is COC(=O)[C@@]1(C)[C@H](CC/C(C)=C/CC/C=C(\C)CC/C=C(\C)CCC=C(C)C)N(C)CC[C@@H]1O. The van der Waals surface area contributed by atoms with Crippen LogP contribution < -0.4 is 0 Å². The maximum Gasteiger partial charge on any atom is 0.315 e. The number of esters is 1. The van der Waals surface area contributed by atoms with E-state index in [0.717, 1.165) is 57.9 Å². The van der Waals surface area contributed by atoms with Crippen LogP contribution in [0.5, 0.6) is 0 Å². The molecule has 1 aliphatic heterocycles. The van der Waals surface area contributed by atoms with Crippen molar-refractivity contribution in [3.63, 3.8) is 0 Å². The van der Waals surface area contributed by atoms with Gasteiger partial charge in [-0.15, -0.1) is 0 Å². The Morgan fingerprint density at radius 1 is 0.912 bits per heavy atom. The lowest BCUT2D eigenvalue weighted by Gasteiger charge is -2.48. The van der Waals surface area contributed by atoms with Gasteiger partial charge in [0.05, 0.1) is 13.2 Å². The van der Waals surface area contributed by atoms with E-state index in [1.54, 1.807) is 0 Å². The molecule has 34 heavy (non-hydrogen) atoms. The minimum atomic E-state index is -0.875. The van der Waals surface area contributed by atoms with E-state index in [2.05, 4.69) is 63.8 Å². The molecule has 1 fully saturated rings. The van der Waals surface area contributed by atoms with Crippen LogP contribution in [0.1, 0.15) is 99.3 Å². The Morgan fingerprint density at radius 2 is 1.41 bits per heavy atom. The Kier molecular flexibility index (Phi) is 13.7. The first-order valence-corrected chi connectivity index (χ1v) is 13.1. The number of carbonyl (C=O) groups is 1. The number of allylic oxidation sites excluding steroid dienone is 8. The predicted molar refractivity (Wildman–Crippen MR) is 145 cm³/mol. The van der Waals surface area contributed by atoms with Crippen LogP contribution in [0.15, 0.2) is 46.6 Å². The number of ether oxygens (including phenoxy) is 1. The highest BCUT2D eigenvalue weighted by Crippen LogP contribution is 2.39. The third-order valence-electron chi connectivity index (χ3n) is 7.38. The zero-order valence-corrected chi connectivity index (χ0v) is 23.2. The van der Waals surface area contributed by atoms with Gasteiger partial charge in [0, 0.05) is 12.6 Å². The van der Waals surface area contributed by atoms with Gasteiger partial charge < -0.3 is 14.7 Å². The number of nitrogens with zero attached hydrogens (tertiary/aromatic N) is 1. The Balaban J connectivity index is 2.47. The van der Waals surface area contributed by atoms with Gasteiger partial charge in [-0.3, -0.25) is 4.79 Å². The number of rotatable bonds is 13. The van der Waals surface area contributed by atoms with Crippen molar-refractivity contribution < 1.29 is 14.6 Å². The van der Waals surface area contributed by atoms with Gasteiger partial charge in [-0.25, -0.2) is 0 Å². The zero-order valence-electron chi connectivity index (χ0n) is 23.2. The van der Waals surface area contributed by atoms with Gasteiger partial charge in [0.25, 0.3) is 0 Å². The molecule has 4 nitrogen and oxygen atoms in total. The van der Waals surface area contributed by atoms with Crippen molar-refractivity contribution in [1.82, 2.24) is 4.90 Å². The molecular weight excluding hydrogens is 422 g/mol. The van der Waals surface area contributed by atoms with Crippen LogP contribution in [0.3, 0.4) is 0 Å².